The number of aliphatic hydroxyl groups excluding tert-OH is 2. The molecule has 0 aliphatic carbocycles. The van der Waals surface area contributed by atoms with E-state index < -0.39 is 28.6 Å². The van der Waals surface area contributed by atoms with Crippen LogP contribution in [0, 0.1) is 15.9 Å². The number of β-amino-alcohol motifs (C(OH)–C–C–N with tert-alkyl or cyclic N) is 2. The van der Waals surface area contributed by atoms with E-state index in [0.29, 0.717) is 0 Å². The maximum absolute atomic E-state index is 13.8. The first-order chi connectivity index (χ1) is 8.49. The van der Waals surface area contributed by atoms with E-state index in [4.69, 9.17) is 0 Å². The first-order valence-electron chi connectivity index (χ1n) is 5.49. The summed E-state index contributed by atoms with van der Waals surface area (Å²) in [5, 5.41) is 29.3. The summed E-state index contributed by atoms with van der Waals surface area (Å²) in [6.07, 6.45) is -1.71. The molecule has 7 heteroatoms. The summed E-state index contributed by atoms with van der Waals surface area (Å²) in [4.78, 5) is 11.5. The predicted molar refractivity (Wildman–Crippen MR) is 60.3 cm³/mol. The highest BCUT2D eigenvalue weighted by atomic mass is 19.1. The lowest BCUT2D eigenvalue weighted by Gasteiger charge is -2.14. The van der Waals surface area contributed by atoms with E-state index in [2.05, 4.69) is 0 Å². The van der Waals surface area contributed by atoms with Crippen LogP contribution in [0.25, 0.3) is 0 Å². The molecular formula is C11H13FN2O4. The molecule has 1 saturated heterocycles. The second-order valence-electron chi connectivity index (χ2n) is 4.34. The second kappa shape index (κ2) is 4.97. The Morgan fingerprint density at radius 1 is 1.39 bits per heavy atom. The van der Waals surface area contributed by atoms with Crippen molar-refractivity contribution in [1.29, 1.82) is 0 Å². The third-order valence-electron chi connectivity index (χ3n) is 2.98. The van der Waals surface area contributed by atoms with Gasteiger partial charge in [0.25, 0.3) is 0 Å². The molecule has 1 fully saturated rings. The van der Waals surface area contributed by atoms with E-state index in [9.17, 15) is 24.7 Å². The molecule has 0 saturated carbocycles. The lowest BCUT2D eigenvalue weighted by Crippen LogP contribution is -2.22. The Bertz CT molecular complexity index is 458. The maximum Gasteiger partial charge on any atom is 0.305 e. The molecule has 0 amide bonds. The van der Waals surface area contributed by atoms with Crippen LogP contribution in [0.3, 0.4) is 0 Å². The summed E-state index contributed by atoms with van der Waals surface area (Å²) >= 11 is 0. The van der Waals surface area contributed by atoms with E-state index in [-0.39, 0.29) is 25.2 Å². The number of halogens is 1. The normalized spacial score (nSPS) is 24.4. The number of likely N-dealkylation sites (tertiary alicyclic amines) is 1. The summed E-state index contributed by atoms with van der Waals surface area (Å²) in [6.45, 7) is 0.578. The first-order valence-corrected chi connectivity index (χ1v) is 5.49. The van der Waals surface area contributed by atoms with Crippen LogP contribution >= 0.6 is 0 Å². The van der Waals surface area contributed by atoms with Crippen LogP contribution in [0.4, 0.5) is 10.1 Å². The van der Waals surface area contributed by atoms with Crippen molar-refractivity contribution >= 4 is 5.69 Å². The third kappa shape index (κ3) is 2.47. The molecule has 0 bridgehead atoms. The first kappa shape index (κ1) is 12.9. The summed E-state index contributed by atoms with van der Waals surface area (Å²) < 4.78 is 13.8. The number of nitrogens with zero attached hydrogens (tertiary/aromatic N) is 2. The fourth-order valence-electron chi connectivity index (χ4n) is 2.05. The average Bonchev–Trinajstić information content (AvgIpc) is 2.60. The molecule has 0 unspecified atom stereocenters. The van der Waals surface area contributed by atoms with Gasteiger partial charge in [0.2, 0.25) is 5.82 Å². The molecule has 1 heterocycles. The minimum atomic E-state index is -0.863. The van der Waals surface area contributed by atoms with E-state index in [0.717, 1.165) is 6.07 Å². The van der Waals surface area contributed by atoms with Crippen molar-refractivity contribution in [3.05, 3.63) is 39.7 Å². The number of rotatable bonds is 3. The highest BCUT2D eigenvalue weighted by Crippen LogP contribution is 2.22. The van der Waals surface area contributed by atoms with Gasteiger partial charge in [-0.25, -0.2) is 0 Å². The fraction of sp³-hybridized carbons (Fsp3) is 0.455. The van der Waals surface area contributed by atoms with Crippen molar-refractivity contribution in [2.75, 3.05) is 13.1 Å². The molecule has 1 aliphatic rings. The zero-order valence-electron chi connectivity index (χ0n) is 9.49. The standard InChI is InChI=1S/C11H13FN2O4/c12-11-7(2-1-3-8(11)14(17)18)4-13-5-9(15)10(16)6-13/h1-3,9-10,15-16H,4-6H2/t9-,10+. The van der Waals surface area contributed by atoms with Crippen LogP contribution in [0.15, 0.2) is 18.2 Å². The fourth-order valence-corrected chi connectivity index (χ4v) is 2.05. The molecule has 1 aromatic carbocycles. The van der Waals surface area contributed by atoms with Gasteiger partial charge in [0.1, 0.15) is 0 Å². The monoisotopic (exact) mass is 256 g/mol. The molecule has 2 atom stereocenters. The summed E-state index contributed by atoms with van der Waals surface area (Å²) in [5.41, 5.74) is -0.377. The van der Waals surface area contributed by atoms with Gasteiger partial charge in [-0.1, -0.05) is 12.1 Å². The Hall–Kier alpha value is -1.57. The SMILES string of the molecule is O=[N+]([O-])c1cccc(CN2C[C@@H](O)[C@@H](O)C2)c1F. The van der Waals surface area contributed by atoms with Gasteiger partial charge in [0, 0.05) is 31.3 Å². The molecular weight excluding hydrogens is 243 g/mol. The smallest absolute Gasteiger partial charge is 0.305 e. The Morgan fingerprint density at radius 2 is 2.00 bits per heavy atom. The van der Waals surface area contributed by atoms with Crippen LogP contribution in [0.1, 0.15) is 5.56 Å². The number of hydrogen-bond donors (Lipinski definition) is 2. The van der Waals surface area contributed by atoms with Gasteiger partial charge in [0.15, 0.2) is 0 Å². The Kier molecular flexibility index (Phi) is 3.55. The quantitative estimate of drug-likeness (QED) is 0.599. The van der Waals surface area contributed by atoms with Crippen LogP contribution in [-0.4, -0.2) is 45.3 Å². The van der Waals surface area contributed by atoms with Crippen molar-refractivity contribution in [3.63, 3.8) is 0 Å². The third-order valence-corrected chi connectivity index (χ3v) is 2.98. The van der Waals surface area contributed by atoms with Gasteiger partial charge in [-0.05, 0) is 0 Å². The average molecular weight is 256 g/mol. The molecule has 2 N–H and O–H groups in total. The maximum atomic E-state index is 13.8. The zero-order valence-corrected chi connectivity index (χ0v) is 9.49. The van der Waals surface area contributed by atoms with E-state index in [1.54, 1.807) is 4.90 Å². The summed E-state index contributed by atoms with van der Waals surface area (Å²) in [6, 6.07) is 3.98. The number of hydrogen-bond acceptors (Lipinski definition) is 5. The molecule has 2 rings (SSSR count). The molecule has 0 spiro atoms. The van der Waals surface area contributed by atoms with Gasteiger partial charge in [0.05, 0.1) is 17.1 Å². The van der Waals surface area contributed by atoms with Crippen molar-refractivity contribution < 1.29 is 19.5 Å². The van der Waals surface area contributed by atoms with Gasteiger partial charge in [-0.2, -0.15) is 4.39 Å². The highest BCUT2D eigenvalue weighted by molar-refractivity contribution is 5.36. The predicted octanol–water partition coefficient (Wildman–Crippen LogP) is 0.271. The zero-order chi connectivity index (χ0) is 13.3. The Morgan fingerprint density at radius 3 is 2.56 bits per heavy atom. The molecule has 6 nitrogen and oxygen atoms in total. The van der Waals surface area contributed by atoms with Crippen molar-refractivity contribution in [3.8, 4) is 0 Å². The second-order valence-corrected chi connectivity index (χ2v) is 4.34. The molecule has 98 valence electrons. The van der Waals surface area contributed by atoms with Crippen LogP contribution < -0.4 is 0 Å². The van der Waals surface area contributed by atoms with E-state index >= 15 is 0 Å². The highest BCUT2D eigenvalue weighted by Gasteiger charge is 2.30. The summed E-state index contributed by atoms with van der Waals surface area (Å²) in [5.74, 6) is -0.863. The van der Waals surface area contributed by atoms with E-state index in [1.807, 2.05) is 0 Å². The topological polar surface area (TPSA) is 86.8 Å². The number of benzene rings is 1. The lowest BCUT2D eigenvalue weighted by molar-refractivity contribution is -0.387. The van der Waals surface area contributed by atoms with Gasteiger partial charge < -0.3 is 10.2 Å². The molecule has 18 heavy (non-hydrogen) atoms. The largest absolute Gasteiger partial charge is 0.389 e. The van der Waals surface area contributed by atoms with Crippen LogP contribution in [-0.2, 0) is 6.54 Å². The minimum Gasteiger partial charge on any atom is -0.389 e. The van der Waals surface area contributed by atoms with Crippen molar-refractivity contribution in [2.45, 2.75) is 18.8 Å². The number of aliphatic hydroxyl groups is 2. The van der Waals surface area contributed by atoms with Crippen molar-refractivity contribution in [1.82, 2.24) is 4.90 Å². The van der Waals surface area contributed by atoms with Crippen LogP contribution in [0.2, 0.25) is 0 Å². The molecule has 0 aromatic heterocycles. The van der Waals surface area contributed by atoms with Gasteiger partial charge in [-0.15, -0.1) is 0 Å². The molecule has 1 aliphatic heterocycles. The Balaban J connectivity index is 2.15. The minimum absolute atomic E-state index is 0.127. The number of nitro benzene ring substituents is 1. The number of nitro groups is 1. The lowest BCUT2D eigenvalue weighted by atomic mass is 10.1. The van der Waals surface area contributed by atoms with Crippen LogP contribution in [0.5, 0.6) is 0 Å². The van der Waals surface area contributed by atoms with E-state index in [1.165, 1.54) is 12.1 Å². The van der Waals surface area contributed by atoms with Gasteiger partial charge in [-0.3, -0.25) is 15.0 Å². The Labute approximate surface area is 102 Å². The molecule has 1 aromatic rings. The van der Waals surface area contributed by atoms with Gasteiger partial charge >= 0.3 is 5.69 Å². The molecule has 0 radical (unpaired) electrons. The van der Waals surface area contributed by atoms with Crippen molar-refractivity contribution in [2.24, 2.45) is 0 Å². The summed E-state index contributed by atoms with van der Waals surface area (Å²) in [7, 11) is 0.